The molecule has 0 spiro atoms. The third kappa shape index (κ3) is 5.28. The molecule has 1 aromatic carbocycles. The first kappa shape index (κ1) is 16.1. The lowest BCUT2D eigenvalue weighted by Gasteiger charge is -2.11. The molecule has 0 bridgehead atoms. The lowest BCUT2D eigenvalue weighted by Crippen LogP contribution is -2.11. The van der Waals surface area contributed by atoms with Gasteiger partial charge in [-0.25, -0.2) is 0 Å². The van der Waals surface area contributed by atoms with E-state index >= 15 is 0 Å². The van der Waals surface area contributed by atoms with E-state index in [1.54, 1.807) is 7.11 Å². The number of ether oxygens (including phenoxy) is 2. The van der Waals surface area contributed by atoms with Crippen molar-refractivity contribution in [3.05, 3.63) is 21.1 Å². The molecular weight excluding hydrogens is 380 g/mol. The fourth-order valence-corrected chi connectivity index (χ4v) is 2.34. The molecule has 19 heavy (non-hydrogen) atoms. The van der Waals surface area contributed by atoms with Gasteiger partial charge in [0.15, 0.2) is 0 Å². The molecule has 0 saturated carbocycles. The second-order valence-corrected chi connectivity index (χ2v) is 5.52. The highest BCUT2D eigenvalue weighted by atomic mass is 79.9. The smallest absolute Gasteiger partial charge is 0.139 e. The van der Waals surface area contributed by atoms with Crippen molar-refractivity contribution in [1.82, 2.24) is 0 Å². The van der Waals surface area contributed by atoms with Crippen LogP contribution in [0.15, 0.2) is 26.2 Å². The Labute approximate surface area is 129 Å². The highest BCUT2D eigenvalue weighted by Crippen LogP contribution is 2.36. The minimum Gasteiger partial charge on any atom is -0.496 e. The van der Waals surface area contributed by atoms with Crippen molar-refractivity contribution in [1.29, 1.82) is 0 Å². The molecule has 0 amide bonds. The Morgan fingerprint density at radius 1 is 1.26 bits per heavy atom. The lowest BCUT2D eigenvalue weighted by atomic mass is 10.2. The van der Waals surface area contributed by atoms with Crippen molar-refractivity contribution in [2.24, 2.45) is 10.9 Å². The van der Waals surface area contributed by atoms with Crippen molar-refractivity contribution >= 4 is 37.7 Å². The van der Waals surface area contributed by atoms with Crippen LogP contribution in [0, 0.1) is 0 Å². The standard InChI is InChI=1S/C12H16Br2N2O3/c1-18-10-6-9(14)11(7-8(10)13)19-5-3-2-4-12(15)16-17/h6-7,17H,2-5H2,1H3,(H2,15,16). The zero-order chi connectivity index (χ0) is 14.3. The van der Waals surface area contributed by atoms with E-state index < -0.39 is 0 Å². The minimum atomic E-state index is 0.244. The second kappa shape index (κ2) is 8.27. The summed E-state index contributed by atoms with van der Waals surface area (Å²) in [5.41, 5.74) is 5.37. The van der Waals surface area contributed by atoms with Crippen LogP contribution in [0.3, 0.4) is 0 Å². The summed E-state index contributed by atoms with van der Waals surface area (Å²) < 4.78 is 12.5. The minimum absolute atomic E-state index is 0.244. The summed E-state index contributed by atoms with van der Waals surface area (Å²) in [6.07, 6.45) is 2.20. The predicted octanol–water partition coefficient (Wildman–Crippen LogP) is 3.52. The zero-order valence-electron chi connectivity index (χ0n) is 10.5. The van der Waals surface area contributed by atoms with Crippen molar-refractivity contribution in [2.45, 2.75) is 19.3 Å². The monoisotopic (exact) mass is 394 g/mol. The molecule has 106 valence electrons. The number of halogens is 2. The molecule has 0 heterocycles. The number of rotatable bonds is 7. The number of hydrogen-bond acceptors (Lipinski definition) is 4. The van der Waals surface area contributed by atoms with Crippen molar-refractivity contribution in [3.8, 4) is 11.5 Å². The van der Waals surface area contributed by atoms with Gasteiger partial charge in [0, 0.05) is 6.42 Å². The largest absolute Gasteiger partial charge is 0.496 e. The fourth-order valence-electron chi connectivity index (χ4n) is 1.42. The fraction of sp³-hybridized carbons (Fsp3) is 0.417. The summed E-state index contributed by atoms with van der Waals surface area (Å²) in [5.74, 6) is 1.73. The normalized spacial score (nSPS) is 11.4. The molecular formula is C12H16Br2N2O3. The Balaban J connectivity index is 2.43. The topological polar surface area (TPSA) is 77.1 Å². The number of nitrogens with zero attached hydrogens (tertiary/aromatic N) is 1. The van der Waals surface area contributed by atoms with Crippen LogP contribution in [0.1, 0.15) is 19.3 Å². The van der Waals surface area contributed by atoms with E-state index in [2.05, 4.69) is 37.0 Å². The molecule has 7 heteroatoms. The van der Waals surface area contributed by atoms with Crippen LogP contribution in [0.2, 0.25) is 0 Å². The summed E-state index contributed by atoms with van der Waals surface area (Å²) in [5, 5.41) is 11.3. The van der Waals surface area contributed by atoms with Gasteiger partial charge in [-0.2, -0.15) is 0 Å². The molecule has 0 aliphatic heterocycles. The first-order valence-electron chi connectivity index (χ1n) is 5.70. The van der Waals surface area contributed by atoms with Crippen molar-refractivity contribution in [2.75, 3.05) is 13.7 Å². The summed E-state index contributed by atoms with van der Waals surface area (Å²) in [6.45, 7) is 0.566. The quantitative estimate of drug-likeness (QED) is 0.243. The third-order valence-electron chi connectivity index (χ3n) is 2.42. The van der Waals surface area contributed by atoms with Crippen LogP contribution < -0.4 is 15.2 Å². The average molecular weight is 396 g/mol. The van der Waals surface area contributed by atoms with Gasteiger partial charge < -0.3 is 20.4 Å². The highest BCUT2D eigenvalue weighted by molar-refractivity contribution is 9.11. The van der Waals surface area contributed by atoms with Gasteiger partial charge in [0.25, 0.3) is 0 Å². The van der Waals surface area contributed by atoms with Gasteiger partial charge in [-0.05, 0) is 56.8 Å². The van der Waals surface area contributed by atoms with Crippen molar-refractivity contribution < 1.29 is 14.7 Å². The molecule has 1 aromatic rings. The Morgan fingerprint density at radius 3 is 2.53 bits per heavy atom. The number of oxime groups is 1. The van der Waals surface area contributed by atoms with Gasteiger partial charge in [-0.3, -0.25) is 0 Å². The van der Waals surface area contributed by atoms with Crippen LogP contribution in [0.25, 0.3) is 0 Å². The van der Waals surface area contributed by atoms with Crippen LogP contribution in [-0.2, 0) is 0 Å². The molecule has 0 aromatic heterocycles. The molecule has 5 nitrogen and oxygen atoms in total. The lowest BCUT2D eigenvalue weighted by molar-refractivity contribution is 0.302. The third-order valence-corrected chi connectivity index (χ3v) is 3.66. The van der Waals surface area contributed by atoms with Crippen LogP contribution in [0.5, 0.6) is 11.5 Å². The zero-order valence-corrected chi connectivity index (χ0v) is 13.7. The Morgan fingerprint density at radius 2 is 1.89 bits per heavy atom. The van der Waals surface area contributed by atoms with Crippen LogP contribution in [0.4, 0.5) is 0 Å². The van der Waals surface area contributed by atoms with E-state index in [0.717, 1.165) is 33.3 Å². The highest BCUT2D eigenvalue weighted by Gasteiger charge is 2.08. The number of benzene rings is 1. The van der Waals surface area contributed by atoms with Crippen LogP contribution in [-0.4, -0.2) is 24.8 Å². The van der Waals surface area contributed by atoms with E-state index in [0.29, 0.717) is 13.0 Å². The van der Waals surface area contributed by atoms with Gasteiger partial charge in [0.2, 0.25) is 0 Å². The molecule has 0 atom stereocenters. The summed E-state index contributed by atoms with van der Waals surface area (Å²) >= 11 is 6.83. The van der Waals surface area contributed by atoms with Crippen LogP contribution >= 0.6 is 31.9 Å². The molecule has 0 aliphatic carbocycles. The van der Waals surface area contributed by atoms with Gasteiger partial charge in [-0.15, -0.1) is 0 Å². The first-order chi connectivity index (χ1) is 9.08. The number of methoxy groups -OCH3 is 1. The van der Waals surface area contributed by atoms with E-state index in [1.807, 2.05) is 12.1 Å². The van der Waals surface area contributed by atoms with E-state index in [4.69, 9.17) is 20.4 Å². The number of hydrogen-bond donors (Lipinski definition) is 2. The summed E-state index contributed by atoms with van der Waals surface area (Å²) in [7, 11) is 1.61. The molecule has 0 fully saturated rings. The maximum atomic E-state index is 8.39. The molecule has 3 N–H and O–H groups in total. The molecule has 1 rings (SSSR count). The number of amidine groups is 1. The van der Waals surface area contributed by atoms with Gasteiger partial charge in [0.1, 0.15) is 17.3 Å². The Kier molecular flexibility index (Phi) is 7.01. The number of unbranched alkanes of at least 4 members (excludes halogenated alkanes) is 1. The molecule has 0 saturated heterocycles. The number of nitrogens with two attached hydrogens (primary N) is 1. The Hall–Kier alpha value is -0.950. The molecule has 0 unspecified atom stereocenters. The second-order valence-electron chi connectivity index (χ2n) is 3.81. The van der Waals surface area contributed by atoms with Gasteiger partial charge >= 0.3 is 0 Å². The van der Waals surface area contributed by atoms with E-state index in [1.165, 1.54) is 0 Å². The summed E-state index contributed by atoms with van der Waals surface area (Å²) in [6, 6.07) is 3.70. The SMILES string of the molecule is COc1cc(Br)c(OCCCCC(N)=NO)cc1Br. The van der Waals surface area contributed by atoms with E-state index in [9.17, 15) is 0 Å². The molecule has 0 aliphatic rings. The maximum Gasteiger partial charge on any atom is 0.139 e. The van der Waals surface area contributed by atoms with Crippen molar-refractivity contribution in [3.63, 3.8) is 0 Å². The molecule has 0 radical (unpaired) electrons. The average Bonchev–Trinajstić information content (AvgIpc) is 2.41. The predicted molar refractivity (Wildman–Crippen MR) is 81.1 cm³/mol. The van der Waals surface area contributed by atoms with E-state index in [-0.39, 0.29) is 5.84 Å². The Bertz CT molecular complexity index is 453. The van der Waals surface area contributed by atoms with Gasteiger partial charge in [-0.1, -0.05) is 5.16 Å². The summed E-state index contributed by atoms with van der Waals surface area (Å²) in [4.78, 5) is 0. The maximum absolute atomic E-state index is 8.39. The first-order valence-corrected chi connectivity index (χ1v) is 7.29. The van der Waals surface area contributed by atoms with Gasteiger partial charge in [0.05, 0.1) is 22.7 Å².